The van der Waals surface area contributed by atoms with E-state index in [9.17, 15) is 18.7 Å². The van der Waals surface area contributed by atoms with E-state index >= 15 is 0 Å². The summed E-state index contributed by atoms with van der Waals surface area (Å²) in [4.78, 5) is 17.8. The molecule has 1 spiro atoms. The smallest absolute Gasteiger partial charge is 0.387 e. The lowest BCUT2D eigenvalue weighted by atomic mass is 9.63. The predicted molar refractivity (Wildman–Crippen MR) is 150 cm³/mol. The molecular weight excluding hydrogens is 528 g/mol. The first-order valence-electron chi connectivity index (χ1n) is 14.0. The van der Waals surface area contributed by atoms with Crippen LogP contribution < -0.4 is 9.64 Å². The summed E-state index contributed by atoms with van der Waals surface area (Å²) in [6.45, 7) is 0.653. The number of aromatic carboxylic acids is 1. The molecule has 2 aliphatic carbocycles. The van der Waals surface area contributed by atoms with Gasteiger partial charge in [0.05, 0.1) is 5.52 Å². The lowest BCUT2D eigenvalue weighted by molar-refractivity contribution is -0.0489. The van der Waals surface area contributed by atoms with Crippen LogP contribution in [0.5, 0.6) is 5.75 Å². The number of aryl methyl sites for hydroxylation is 1. The molecule has 7 rings (SSSR count). The zero-order valence-corrected chi connectivity index (χ0v) is 22.6. The number of pyridine rings is 1. The third-order valence-electron chi connectivity index (χ3n) is 8.72. The van der Waals surface area contributed by atoms with Crippen LogP contribution in [0.3, 0.4) is 0 Å². The zero-order chi connectivity index (χ0) is 28.3. The van der Waals surface area contributed by atoms with Gasteiger partial charge in [0.15, 0.2) is 5.69 Å². The number of aromatic nitrogens is 2. The topological polar surface area (TPSA) is 88.7 Å². The zero-order valence-electron chi connectivity index (χ0n) is 22.6. The highest BCUT2D eigenvalue weighted by atomic mass is 19.3. The Kier molecular flexibility index (Phi) is 6.06. The number of hydrogen-bond acceptors (Lipinski definition) is 6. The fraction of sp³-hybridized carbons (Fsp3) is 0.344. The molecule has 1 saturated heterocycles. The van der Waals surface area contributed by atoms with Crippen LogP contribution in [0.4, 0.5) is 14.5 Å². The van der Waals surface area contributed by atoms with Gasteiger partial charge in [-0.05, 0) is 73.8 Å². The molecule has 0 bridgehead atoms. The van der Waals surface area contributed by atoms with Crippen LogP contribution in [0, 0.1) is 12.3 Å². The Morgan fingerprint density at radius 3 is 2.59 bits per heavy atom. The number of allylic oxidation sites excluding steroid dienone is 2. The number of alkyl halides is 2. The quantitative estimate of drug-likeness (QED) is 0.252. The largest absolute Gasteiger partial charge is 0.477 e. The van der Waals surface area contributed by atoms with E-state index in [4.69, 9.17) is 4.52 Å². The summed E-state index contributed by atoms with van der Waals surface area (Å²) < 4.78 is 36.8. The molecule has 3 aliphatic rings. The highest BCUT2D eigenvalue weighted by molar-refractivity contribution is 5.94. The summed E-state index contributed by atoms with van der Waals surface area (Å²) in [5.74, 6) is 0.00156. The summed E-state index contributed by atoms with van der Waals surface area (Å²) >= 11 is 0. The first-order valence-corrected chi connectivity index (χ1v) is 14.0. The number of halogens is 2. The number of fused-ring (bicyclic) bond motifs is 1. The van der Waals surface area contributed by atoms with Gasteiger partial charge in [0.25, 0.3) is 0 Å². The van der Waals surface area contributed by atoms with Gasteiger partial charge >= 0.3 is 12.6 Å². The van der Waals surface area contributed by atoms with Crippen LogP contribution in [0.15, 0.2) is 59.1 Å². The van der Waals surface area contributed by atoms with Crippen molar-refractivity contribution in [2.75, 3.05) is 18.0 Å². The standard InChI is InChI=1S/C32H29F2N3O4/c1-18-4-2-3-5-22(18)28-27(29(41-36-28)19-6-7-19)20-16-32(17-20)10-12-37(13-11-32)21-8-9-24-23(14-21)26(40-31(33)34)15-25(35-24)30(38)39/h2-5,8-9,14-16,19,31H,6-7,10-13,17H2,1H3,(H,38,39). The molecule has 7 nitrogen and oxygen atoms in total. The first-order chi connectivity index (χ1) is 19.8. The maximum absolute atomic E-state index is 13.1. The van der Waals surface area contributed by atoms with Crippen molar-refractivity contribution < 1.29 is 27.9 Å². The predicted octanol–water partition coefficient (Wildman–Crippen LogP) is 7.45. The van der Waals surface area contributed by atoms with Gasteiger partial charge in [0.1, 0.15) is 17.2 Å². The van der Waals surface area contributed by atoms with Gasteiger partial charge in [0.2, 0.25) is 0 Å². The number of rotatable bonds is 7. The SMILES string of the molecule is Cc1ccccc1-c1noc(C2CC2)c1C1=CC2(CCN(c3ccc4nc(C(=O)O)cc(OC(F)F)c4c3)CC2)C1. The molecule has 41 heavy (non-hydrogen) atoms. The number of hydrogen-bond donors (Lipinski definition) is 1. The first kappa shape index (κ1) is 25.7. The molecule has 3 heterocycles. The third kappa shape index (κ3) is 4.63. The van der Waals surface area contributed by atoms with Crippen LogP contribution in [-0.2, 0) is 0 Å². The van der Waals surface area contributed by atoms with Crippen molar-refractivity contribution in [3.8, 4) is 17.0 Å². The molecule has 2 aromatic heterocycles. The fourth-order valence-electron chi connectivity index (χ4n) is 6.35. The summed E-state index contributed by atoms with van der Waals surface area (Å²) in [6.07, 6.45) is 7.63. The minimum atomic E-state index is -3.07. The van der Waals surface area contributed by atoms with Gasteiger partial charge in [0, 0.05) is 47.3 Å². The second-order valence-corrected chi connectivity index (χ2v) is 11.4. The van der Waals surface area contributed by atoms with Crippen molar-refractivity contribution in [2.45, 2.75) is 51.6 Å². The molecule has 210 valence electrons. The maximum Gasteiger partial charge on any atom is 0.387 e. The van der Waals surface area contributed by atoms with Gasteiger partial charge in [-0.15, -0.1) is 0 Å². The van der Waals surface area contributed by atoms with Crippen LogP contribution >= 0.6 is 0 Å². The molecular formula is C32H29F2N3O4. The Morgan fingerprint density at radius 2 is 1.90 bits per heavy atom. The maximum atomic E-state index is 13.1. The van der Waals surface area contributed by atoms with Crippen LogP contribution in [0.25, 0.3) is 27.7 Å². The van der Waals surface area contributed by atoms with Gasteiger partial charge in [-0.2, -0.15) is 8.78 Å². The lowest BCUT2D eigenvalue weighted by Gasteiger charge is -2.47. The minimum absolute atomic E-state index is 0.117. The molecule has 1 saturated carbocycles. The van der Waals surface area contributed by atoms with E-state index in [-0.39, 0.29) is 16.9 Å². The average Bonchev–Trinajstić information content (AvgIpc) is 3.70. The van der Waals surface area contributed by atoms with Crippen LogP contribution in [-0.4, -0.2) is 40.9 Å². The monoisotopic (exact) mass is 557 g/mol. The molecule has 4 aromatic rings. The fourth-order valence-corrected chi connectivity index (χ4v) is 6.35. The number of anilines is 1. The second-order valence-electron chi connectivity index (χ2n) is 11.4. The van der Waals surface area contributed by atoms with E-state index in [1.807, 2.05) is 18.2 Å². The summed E-state index contributed by atoms with van der Waals surface area (Å²) in [5.41, 5.74) is 6.70. The van der Waals surface area contributed by atoms with Crippen molar-refractivity contribution in [1.82, 2.24) is 10.1 Å². The Balaban J connectivity index is 1.13. The Bertz CT molecular complexity index is 1700. The molecule has 0 radical (unpaired) electrons. The number of nitrogens with zero attached hydrogens (tertiary/aromatic N) is 3. The molecule has 2 fully saturated rings. The van der Waals surface area contributed by atoms with Crippen molar-refractivity contribution in [2.24, 2.45) is 5.41 Å². The van der Waals surface area contributed by atoms with Crippen LogP contribution in [0.1, 0.15) is 65.4 Å². The van der Waals surface area contributed by atoms with E-state index in [0.29, 0.717) is 16.8 Å². The number of carbonyl (C=O) groups is 1. The van der Waals surface area contributed by atoms with Gasteiger partial charge in [-0.25, -0.2) is 9.78 Å². The van der Waals surface area contributed by atoms with Crippen molar-refractivity contribution in [1.29, 1.82) is 0 Å². The van der Waals surface area contributed by atoms with E-state index in [1.165, 1.54) is 16.7 Å². The van der Waals surface area contributed by atoms with Gasteiger partial charge < -0.3 is 19.3 Å². The molecule has 1 aliphatic heterocycles. The van der Waals surface area contributed by atoms with Gasteiger partial charge in [-0.3, -0.25) is 0 Å². The Morgan fingerprint density at radius 1 is 1.15 bits per heavy atom. The highest BCUT2D eigenvalue weighted by Crippen LogP contribution is 2.56. The average molecular weight is 558 g/mol. The molecule has 2 aromatic carbocycles. The Labute approximate surface area is 235 Å². The molecule has 9 heteroatoms. The van der Waals surface area contributed by atoms with Crippen molar-refractivity contribution in [3.05, 3.63) is 77.2 Å². The summed E-state index contributed by atoms with van der Waals surface area (Å²) in [5, 5.41) is 14.2. The minimum Gasteiger partial charge on any atom is -0.477 e. The third-order valence-corrected chi connectivity index (χ3v) is 8.72. The number of carboxylic acids is 1. The number of piperidine rings is 1. The van der Waals surface area contributed by atoms with Crippen molar-refractivity contribution >= 4 is 28.1 Å². The summed E-state index contributed by atoms with van der Waals surface area (Å²) in [7, 11) is 0. The second kappa shape index (κ2) is 9.68. The van der Waals surface area contributed by atoms with Gasteiger partial charge in [-0.1, -0.05) is 35.5 Å². The van der Waals surface area contributed by atoms with E-state index in [0.717, 1.165) is 74.0 Å². The Hall–Kier alpha value is -4.27. The molecule has 0 atom stereocenters. The van der Waals surface area contributed by atoms with E-state index < -0.39 is 12.6 Å². The molecule has 0 unspecified atom stereocenters. The normalized spacial score (nSPS) is 18.0. The highest BCUT2D eigenvalue weighted by Gasteiger charge is 2.44. The van der Waals surface area contributed by atoms with E-state index in [2.05, 4.69) is 44.9 Å². The number of carboxylic acid groups (broad SMARTS) is 1. The van der Waals surface area contributed by atoms with Crippen molar-refractivity contribution in [3.63, 3.8) is 0 Å². The molecule has 0 amide bonds. The number of benzene rings is 2. The number of ether oxygens (including phenoxy) is 1. The van der Waals surface area contributed by atoms with E-state index in [1.54, 1.807) is 12.1 Å². The molecule has 1 N–H and O–H groups in total. The lowest BCUT2D eigenvalue weighted by Crippen LogP contribution is -2.42. The van der Waals surface area contributed by atoms with Crippen LogP contribution in [0.2, 0.25) is 0 Å². The summed E-state index contributed by atoms with van der Waals surface area (Å²) in [6, 6.07) is 14.6.